The Morgan fingerprint density at radius 3 is 2.60 bits per heavy atom. The number of nitro groups is 1. The lowest BCUT2D eigenvalue weighted by atomic mass is 10.0. The van der Waals surface area contributed by atoms with E-state index in [0.29, 0.717) is 11.3 Å². The summed E-state index contributed by atoms with van der Waals surface area (Å²) in [5.41, 5.74) is 2.82. The van der Waals surface area contributed by atoms with E-state index in [1.165, 1.54) is 6.07 Å². The molecule has 2 aromatic rings. The first-order chi connectivity index (χ1) is 12.0. The van der Waals surface area contributed by atoms with Crippen LogP contribution in [0.5, 0.6) is 0 Å². The molecule has 0 saturated heterocycles. The van der Waals surface area contributed by atoms with Gasteiger partial charge in [0.2, 0.25) is 0 Å². The van der Waals surface area contributed by atoms with E-state index in [9.17, 15) is 14.9 Å². The molecule has 1 amide bonds. The number of anilines is 1. The molecule has 0 bridgehead atoms. The van der Waals surface area contributed by atoms with Crippen molar-refractivity contribution in [1.82, 2.24) is 5.32 Å². The lowest BCUT2D eigenvalue weighted by Gasteiger charge is -2.18. The molecule has 2 aromatic carbocycles. The van der Waals surface area contributed by atoms with Gasteiger partial charge in [0, 0.05) is 23.7 Å². The molecule has 1 unspecified atom stereocenters. The summed E-state index contributed by atoms with van der Waals surface area (Å²) in [6, 6.07) is 12.6. The number of hydrogen-bond acceptors (Lipinski definition) is 4. The average Bonchev–Trinajstić information content (AvgIpc) is 3.39. The van der Waals surface area contributed by atoms with Gasteiger partial charge in [-0.1, -0.05) is 24.3 Å². The number of carbonyl (C=O) groups is 1. The van der Waals surface area contributed by atoms with Crippen LogP contribution in [0.4, 0.5) is 11.4 Å². The van der Waals surface area contributed by atoms with Crippen molar-refractivity contribution in [1.29, 1.82) is 0 Å². The molecule has 1 saturated carbocycles. The third-order valence-corrected chi connectivity index (χ3v) is 4.40. The van der Waals surface area contributed by atoms with Crippen LogP contribution in [0.2, 0.25) is 0 Å². The second-order valence-electron chi connectivity index (χ2n) is 6.46. The van der Waals surface area contributed by atoms with Crippen LogP contribution in [0.25, 0.3) is 0 Å². The van der Waals surface area contributed by atoms with Crippen molar-refractivity contribution < 1.29 is 9.72 Å². The smallest absolute Gasteiger partial charge is 0.293 e. The van der Waals surface area contributed by atoms with Gasteiger partial charge in [-0.05, 0) is 49.9 Å². The predicted octanol–water partition coefficient (Wildman–Crippen LogP) is 3.97. The predicted molar refractivity (Wildman–Crippen MR) is 96.8 cm³/mol. The number of nitrogens with one attached hydrogen (secondary N) is 2. The third-order valence-electron chi connectivity index (χ3n) is 4.40. The monoisotopic (exact) mass is 339 g/mol. The molecule has 0 aromatic heterocycles. The van der Waals surface area contributed by atoms with Crippen LogP contribution in [0.1, 0.15) is 47.3 Å². The topological polar surface area (TPSA) is 84.3 Å². The van der Waals surface area contributed by atoms with Crippen LogP contribution < -0.4 is 10.6 Å². The Balaban J connectivity index is 1.84. The van der Waals surface area contributed by atoms with Crippen molar-refractivity contribution in [3.8, 4) is 0 Å². The molecule has 130 valence electrons. The van der Waals surface area contributed by atoms with E-state index in [2.05, 4.69) is 10.6 Å². The molecule has 6 nitrogen and oxygen atoms in total. The van der Waals surface area contributed by atoms with Crippen molar-refractivity contribution in [2.75, 3.05) is 5.32 Å². The molecular weight excluding hydrogens is 318 g/mol. The Labute approximate surface area is 146 Å². The van der Waals surface area contributed by atoms with Crippen molar-refractivity contribution in [2.45, 2.75) is 38.8 Å². The van der Waals surface area contributed by atoms with Crippen LogP contribution in [0.3, 0.4) is 0 Å². The quantitative estimate of drug-likeness (QED) is 0.616. The normalized spacial score (nSPS) is 14.6. The van der Waals surface area contributed by atoms with Crippen molar-refractivity contribution >= 4 is 17.3 Å². The molecule has 0 heterocycles. The molecule has 6 heteroatoms. The maximum Gasteiger partial charge on any atom is 0.293 e. The highest BCUT2D eigenvalue weighted by atomic mass is 16.6. The van der Waals surface area contributed by atoms with E-state index < -0.39 is 4.92 Å². The number of aryl methyl sites for hydroxylation is 1. The fourth-order valence-corrected chi connectivity index (χ4v) is 2.83. The van der Waals surface area contributed by atoms with Crippen LogP contribution >= 0.6 is 0 Å². The zero-order chi connectivity index (χ0) is 18.0. The van der Waals surface area contributed by atoms with Gasteiger partial charge in [0.05, 0.1) is 4.92 Å². The van der Waals surface area contributed by atoms with E-state index in [0.717, 1.165) is 24.0 Å². The van der Waals surface area contributed by atoms with Gasteiger partial charge < -0.3 is 10.6 Å². The zero-order valence-electron chi connectivity index (χ0n) is 14.3. The highest BCUT2D eigenvalue weighted by molar-refractivity contribution is 5.96. The molecular formula is C19H21N3O3. The maximum atomic E-state index is 12.1. The van der Waals surface area contributed by atoms with Gasteiger partial charge in [-0.15, -0.1) is 0 Å². The fourth-order valence-electron chi connectivity index (χ4n) is 2.83. The number of benzene rings is 2. The van der Waals surface area contributed by atoms with Crippen LogP contribution in [0.15, 0.2) is 42.5 Å². The number of nitro benzene ring substituents is 1. The Bertz CT molecular complexity index is 815. The molecule has 1 atom stereocenters. The van der Waals surface area contributed by atoms with Gasteiger partial charge in [0.25, 0.3) is 11.6 Å². The lowest BCUT2D eigenvalue weighted by Crippen LogP contribution is -2.25. The van der Waals surface area contributed by atoms with E-state index >= 15 is 0 Å². The first-order valence-electron chi connectivity index (χ1n) is 8.37. The van der Waals surface area contributed by atoms with Gasteiger partial charge in [0.15, 0.2) is 0 Å². The Kier molecular flexibility index (Phi) is 4.70. The summed E-state index contributed by atoms with van der Waals surface area (Å²) < 4.78 is 0. The largest absolute Gasteiger partial charge is 0.373 e. The average molecular weight is 339 g/mol. The van der Waals surface area contributed by atoms with Crippen LogP contribution in [-0.2, 0) is 0 Å². The minimum Gasteiger partial charge on any atom is -0.373 e. The van der Waals surface area contributed by atoms with Crippen molar-refractivity contribution in [2.24, 2.45) is 0 Å². The van der Waals surface area contributed by atoms with Gasteiger partial charge in [-0.25, -0.2) is 0 Å². The number of rotatable bonds is 6. The summed E-state index contributed by atoms with van der Waals surface area (Å²) in [5, 5.41) is 17.5. The number of amides is 1. The van der Waals surface area contributed by atoms with E-state index in [-0.39, 0.29) is 23.7 Å². The van der Waals surface area contributed by atoms with Crippen LogP contribution in [-0.4, -0.2) is 16.9 Å². The summed E-state index contributed by atoms with van der Waals surface area (Å²) >= 11 is 0. The summed E-state index contributed by atoms with van der Waals surface area (Å²) in [6.07, 6.45) is 1.95. The van der Waals surface area contributed by atoms with Gasteiger partial charge >= 0.3 is 0 Å². The molecule has 1 fully saturated rings. The Hall–Kier alpha value is -2.89. The molecule has 2 N–H and O–H groups in total. The third kappa shape index (κ3) is 3.96. The summed E-state index contributed by atoms with van der Waals surface area (Å²) in [7, 11) is 0. The highest BCUT2D eigenvalue weighted by Crippen LogP contribution is 2.30. The number of nitrogens with zero attached hydrogens (tertiary/aromatic N) is 1. The molecule has 3 rings (SSSR count). The van der Waals surface area contributed by atoms with Gasteiger partial charge in [-0.3, -0.25) is 14.9 Å². The minimum atomic E-state index is -0.458. The second kappa shape index (κ2) is 6.93. The molecule has 0 radical (unpaired) electrons. The number of carbonyl (C=O) groups excluding carboxylic acids is 1. The maximum absolute atomic E-state index is 12.1. The summed E-state index contributed by atoms with van der Waals surface area (Å²) in [4.78, 5) is 23.1. The SMILES string of the molecule is Cc1ccccc1C(C)Nc1ccc(C(=O)NC2CC2)cc1[N+](=O)[O-]. The standard InChI is InChI=1S/C19H21N3O3/c1-12-5-3-4-6-16(12)13(2)20-17-10-7-14(11-18(17)22(24)25)19(23)21-15-8-9-15/h3-7,10-11,13,15,20H,8-9H2,1-2H3,(H,21,23). The van der Waals surface area contributed by atoms with Crippen LogP contribution in [0, 0.1) is 17.0 Å². The Morgan fingerprint density at radius 1 is 1.24 bits per heavy atom. The first-order valence-corrected chi connectivity index (χ1v) is 8.37. The molecule has 0 aliphatic heterocycles. The molecule has 0 spiro atoms. The van der Waals surface area contributed by atoms with E-state index in [4.69, 9.17) is 0 Å². The van der Waals surface area contributed by atoms with Gasteiger partial charge in [0.1, 0.15) is 5.69 Å². The zero-order valence-corrected chi connectivity index (χ0v) is 14.3. The van der Waals surface area contributed by atoms with Crippen molar-refractivity contribution in [3.63, 3.8) is 0 Å². The van der Waals surface area contributed by atoms with E-state index in [1.54, 1.807) is 12.1 Å². The Morgan fingerprint density at radius 2 is 1.96 bits per heavy atom. The van der Waals surface area contributed by atoms with Crippen molar-refractivity contribution in [3.05, 3.63) is 69.3 Å². The second-order valence-corrected chi connectivity index (χ2v) is 6.46. The number of hydrogen-bond donors (Lipinski definition) is 2. The first kappa shape index (κ1) is 17.0. The molecule has 1 aliphatic carbocycles. The minimum absolute atomic E-state index is 0.0916. The highest BCUT2D eigenvalue weighted by Gasteiger charge is 2.25. The van der Waals surface area contributed by atoms with E-state index in [1.807, 2.05) is 38.1 Å². The van der Waals surface area contributed by atoms with Gasteiger partial charge in [-0.2, -0.15) is 0 Å². The lowest BCUT2D eigenvalue weighted by molar-refractivity contribution is -0.384. The fraction of sp³-hybridized carbons (Fsp3) is 0.316. The summed E-state index contributed by atoms with van der Waals surface area (Å²) in [5.74, 6) is -0.260. The molecule has 1 aliphatic rings. The summed E-state index contributed by atoms with van der Waals surface area (Å²) in [6.45, 7) is 3.97. The molecule has 25 heavy (non-hydrogen) atoms.